The van der Waals surface area contributed by atoms with Crippen LogP contribution in [0.2, 0.25) is 0 Å². The lowest BCUT2D eigenvalue weighted by Gasteiger charge is -2.12. The molecule has 0 aliphatic heterocycles. The molecular weight excluding hydrogens is 436 g/mol. The summed E-state index contributed by atoms with van der Waals surface area (Å²) >= 11 is 0. The maximum Gasteiger partial charge on any atom is 0.344 e. The number of carbonyl (C=O) groups is 4. The van der Waals surface area contributed by atoms with E-state index in [0.717, 1.165) is 11.1 Å². The van der Waals surface area contributed by atoms with E-state index in [4.69, 9.17) is 9.47 Å². The summed E-state index contributed by atoms with van der Waals surface area (Å²) in [6.45, 7) is 1.40. The highest BCUT2D eigenvalue weighted by atomic mass is 16.6. The third kappa shape index (κ3) is 7.30. The zero-order valence-corrected chi connectivity index (χ0v) is 18.6. The van der Waals surface area contributed by atoms with E-state index in [9.17, 15) is 19.2 Å². The second kappa shape index (κ2) is 12.0. The first-order chi connectivity index (χ1) is 16.4. The lowest BCUT2D eigenvalue weighted by Crippen LogP contribution is -2.27. The Hall–Kier alpha value is -4.46. The average molecular weight is 460 g/mol. The Kier molecular flexibility index (Phi) is 8.51. The molecule has 0 saturated carbocycles. The van der Waals surface area contributed by atoms with Crippen LogP contribution < -0.4 is 15.4 Å². The van der Waals surface area contributed by atoms with Crippen molar-refractivity contribution in [1.29, 1.82) is 0 Å². The van der Waals surface area contributed by atoms with Gasteiger partial charge < -0.3 is 20.1 Å². The maximum atomic E-state index is 12.6. The number of aldehydes is 1. The molecule has 0 aliphatic carbocycles. The molecule has 2 amide bonds. The number of rotatable bonds is 10. The highest BCUT2D eigenvalue weighted by molar-refractivity contribution is 6.04. The number of benzene rings is 3. The molecule has 8 heteroatoms. The molecule has 0 spiro atoms. The molecule has 3 rings (SSSR count). The number of nitrogens with one attached hydrogen (secondary N) is 2. The van der Waals surface area contributed by atoms with Crippen LogP contribution in [-0.4, -0.2) is 37.3 Å². The summed E-state index contributed by atoms with van der Waals surface area (Å²) in [5, 5.41) is 5.41. The number of anilines is 1. The molecule has 0 aliphatic rings. The molecule has 0 aromatic heterocycles. The molecule has 0 atom stereocenters. The second-order valence-electron chi connectivity index (χ2n) is 7.40. The predicted octanol–water partition coefficient (Wildman–Crippen LogP) is 3.30. The van der Waals surface area contributed by atoms with Gasteiger partial charge >= 0.3 is 5.97 Å². The smallest absolute Gasteiger partial charge is 0.344 e. The first-order valence-electron chi connectivity index (χ1n) is 10.5. The van der Waals surface area contributed by atoms with Crippen LogP contribution in [0.3, 0.4) is 0 Å². The number of esters is 1. The fourth-order valence-electron chi connectivity index (χ4n) is 2.93. The zero-order valence-electron chi connectivity index (χ0n) is 18.6. The topological polar surface area (TPSA) is 111 Å². The van der Waals surface area contributed by atoms with Crippen LogP contribution in [0.4, 0.5) is 5.69 Å². The van der Waals surface area contributed by atoms with E-state index in [-0.39, 0.29) is 11.5 Å². The number of para-hydroxylation sites is 1. The first kappa shape index (κ1) is 24.2. The van der Waals surface area contributed by atoms with E-state index in [1.54, 1.807) is 48.5 Å². The molecule has 0 unspecified atom stereocenters. The molecule has 0 heterocycles. The quantitative estimate of drug-likeness (QED) is 0.355. The fraction of sp³-hybridized carbons (Fsp3) is 0.154. The number of hydrogen-bond acceptors (Lipinski definition) is 6. The number of ether oxygens (including phenoxy) is 2. The van der Waals surface area contributed by atoms with Crippen molar-refractivity contribution in [2.75, 3.05) is 18.5 Å². The molecule has 0 radical (unpaired) electrons. The minimum atomic E-state index is -0.737. The summed E-state index contributed by atoms with van der Waals surface area (Å²) in [7, 11) is 0. The molecule has 3 aromatic rings. The Bertz CT molecular complexity index is 1160. The van der Waals surface area contributed by atoms with Gasteiger partial charge in [0.15, 0.2) is 13.2 Å². The van der Waals surface area contributed by atoms with Gasteiger partial charge in [0.05, 0.1) is 11.3 Å². The van der Waals surface area contributed by atoms with E-state index in [1.165, 1.54) is 0 Å². The van der Waals surface area contributed by atoms with E-state index >= 15 is 0 Å². The highest BCUT2D eigenvalue weighted by Crippen LogP contribution is 2.15. The molecule has 0 bridgehead atoms. The summed E-state index contributed by atoms with van der Waals surface area (Å²) in [6.07, 6.45) is 0.697. The van der Waals surface area contributed by atoms with Crippen LogP contribution in [0.15, 0.2) is 72.8 Å². The summed E-state index contributed by atoms with van der Waals surface area (Å²) < 4.78 is 10.2. The molecule has 3 aromatic carbocycles. The van der Waals surface area contributed by atoms with Crippen molar-refractivity contribution in [2.24, 2.45) is 0 Å². The van der Waals surface area contributed by atoms with Crippen LogP contribution in [0, 0.1) is 6.92 Å². The van der Waals surface area contributed by atoms with E-state index in [1.807, 2.05) is 31.2 Å². The van der Waals surface area contributed by atoms with Gasteiger partial charge in [-0.25, -0.2) is 4.79 Å². The monoisotopic (exact) mass is 460 g/mol. The molecule has 0 fully saturated rings. The van der Waals surface area contributed by atoms with Crippen LogP contribution in [0.25, 0.3) is 0 Å². The largest absolute Gasteiger partial charge is 0.482 e. The Labute approximate surface area is 196 Å². The fourth-order valence-corrected chi connectivity index (χ4v) is 2.93. The number of hydrogen-bond donors (Lipinski definition) is 2. The molecule has 174 valence electrons. The van der Waals surface area contributed by atoms with Gasteiger partial charge in [0.1, 0.15) is 12.0 Å². The number of carbonyl (C=O) groups excluding carboxylic acids is 4. The van der Waals surface area contributed by atoms with Gasteiger partial charge in [-0.1, -0.05) is 42.0 Å². The van der Waals surface area contributed by atoms with Crippen molar-refractivity contribution >= 4 is 29.8 Å². The van der Waals surface area contributed by atoms with Crippen molar-refractivity contribution in [3.05, 3.63) is 95.1 Å². The minimum absolute atomic E-state index is 0.288. The molecule has 0 saturated heterocycles. The average Bonchev–Trinajstić information content (AvgIpc) is 2.86. The first-order valence-corrected chi connectivity index (χ1v) is 10.5. The number of amides is 2. The Balaban J connectivity index is 1.47. The van der Waals surface area contributed by atoms with E-state index in [0.29, 0.717) is 29.8 Å². The standard InChI is InChI=1S/C26H24N2O6/c1-18-6-8-19(9-7-18)14-27-26(32)22-4-2-3-5-23(22)28-24(30)16-34-25(31)17-33-21-12-10-20(15-29)11-13-21/h2-13,15H,14,16-17H2,1H3,(H,27,32)(H,28,30). The molecule has 2 N–H and O–H groups in total. The van der Waals surface area contributed by atoms with E-state index in [2.05, 4.69) is 10.6 Å². The summed E-state index contributed by atoms with van der Waals surface area (Å²) in [5.74, 6) is -1.29. The SMILES string of the molecule is Cc1ccc(CNC(=O)c2ccccc2NC(=O)COC(=O)COc2ccc(C=O)cc2)cc1. The summed E-state index contributed by atoms with van der Waals surface area (Å²) in [6, 6.07) is 20.5. The third-order valence-electron chi connectivity index (χ3n) is 4.76. The number of aryl methyl sites for hydroxylation is 1. The Morgan fingerprint density at radius 2 is 1.59 bits per heavy atom. The van der Waals surface area contributed by atoms with Crippen LogP contribution in [0.1, 0.15) is 31.8 Å². The van der Waals surface area contributed by atoms with Gasteiger partial charge in [-0.2, -0.15) is 0 Å². The lowest BCUT2D eigenvalue weighted by molar-refractivity contribution is -0.149. The van der Waals surface area contributed by atoms with Crippen molar-refractivity contribution in [3.8, 4) is 5.75 Å². The molecule has 34 heavy (non-hydrogen) atoms. The van der Waals surface area contributed by atoms with Crippen LogP contribution >= 0.6 is 0 Å². The minimum Gasteiger partial charge on any atom is -0.482 e. The summed E-state index contributed by atoms with van der Waals surface area (Å²) in [4.78, 5) is 47.4. The third-order valence-corrected chi connectivity index (χ3v) is 4.76. The lowest BCUT2D eigenvalue weighted by atomic mass is 10.1. The van der Waals surface area contributed by atoms with Gasteiger partial charge in [0.2, 0.25) is 0 Å². The van der Waals surface area contributed by atoms with Crippen molar-refractivity contribution in [3.63, 3.8) is 0 Å². The van der Waals surface area contributed by atoms with Gasteiger partial charge in [0.25, 0.3) is 11.8 Å². The predicted molar refractivity (Wildman–Crippen MR) is 126 cm³/mol. The second-order valence-corrected chi connectivity index (χ2v) is 7.40. The summed E-state index contributed by atoms with van der Waals surface area (Å²) in [5.41, 5.74) is 3.15. The van der Waals surface area contributed by atoms with Gasteiger partial charge in [0, 0.05) is 12.1 Å². The highest BCUT2D eigenvalue weighted by Gasteiger charge is 2.14. The van der Waals surface area contributed by atoms with Gasteiger partial charge in [-0.15, -0.1) is 0 Å². The van der Waals surface area contributed by atoms with Crippen LogP contribution in [-0.2, 0) is 20.9 Å². The Morgan fingerprint density at radius 3 is 2.29 bits per heavy atom. The van der Waals surface area contributed by atoms with Gasteiger partial charge in [-0.3, -0.25) is 14.4 Å². The molecular formula is C26H24N2O6. The van der Waals surface area contributed by atoms with E-state index < -0.39 is 25.1 Å². The Morgan fingerprint density at radius 1 is 0.882 bits per heavy atom. The van der Waals surface area contributed by atoms with Crippen molar-refractivity contribution < 1.29 is 28.7 Å². The van der Waals surface area contributed by atoms with Crippen molar-refractivity contribution in [2.45, 2.75) is 13.5 Å². The van der Waals surface area contributed by atoms with Gasteiger partial charge in [-0.05, 0) is 48.9 Å². The zero-order chi connectivity index (χ0) is 24.3. The van der Waals surface area contributed by atoms with Crippen LogP contribution in [0.5, 0.6) is 5.75 Å². The normalized spacial score (nSPS) is 10.1. The van der Waals surface area contributed by atoms with Crippen molar-refractivity contribution in [1.82, 2.24) is 5.32 Å². The maximum absolute atomic E-state index is 12.6. The molecule has 8 nitrogen and oxygen atoms in total.